The number of phenols is 1. The minimum absolute atomic E-state index is 0.110. The molecule has 8 heteroatoms. The van der Waals surface area contributed by atoms with Crippen LogP contribution in [0.3, 0.4) is 0 Å². The minimum Gasteiger partial charge on any atom is -0.508 e. The number of rotatable bonds is 9. The molecule has 2 aromatic rings. The predicted octanol–water partition coefficient (Wildman–Crippen LogP) is 5.09. The number of alkyl carbamates (subject to hydrolysis) is 1. The van der Waals surface area contributed by atoms with E-state index in [2.05, 4.69) is 10.6 Å². The van der Waals surface area contributed by atoms with Crippen molar-refractivity contribution in [3.05, 3.63) is 64.7 Å². The molecule has 0 spiro atoms. The van der Waals surface area contributed by atoms with E-state index in [1.165, 1.54) is 0 Å². The maximum Gasteiger partial charge on any atom is 0.408 e. The Balaban J connectivity index is 2.09. The molecule has 0 saturated heterocycles. The number of ether oxygens (including phenoxy) is 1. The minimum atomic E-state index is -0.983. The molecular weight excluding hydrogens is 494 g/mol. The molecule has 1 saturated carbocycles. The van der Waals surface area contributed by atoms with Gasteiger partial charge in [-0.2, -0.15) is 0 Å². The first-order valence-corrected chi connectivity index (χ1v) is 13.7. The summed E-state index contributed by atoms with van der Waals surface area (Å²) in [6, 6.07) is 10.3. The van der Waals surface area contributed by atoms with Crippen LogP contribution in [0.5, 0.6) is 5.75 Å². The standard InChI is InChI=1S/C31H43N3O5/c1-19(2)32-28(36)27(26-20(3)10-8-11-21(26)4)34(23-12-9-13-23)29(37)25(33-30(38)39-31(5,6)7)18-22-14-16-24(35)17-15-22/h8,10-11,14-17,19,23,25,27,35H,9,12-13,18H2,1-7H3,(H,32,36)(H,33,38). The summed E-state index contributed by atoms with van der Waals surface area (Å²) >= 11 is 0. The van der Waals surface area contributed by atoms with E-state index in [1.807, 2.05) is 45.9 Å². The molecule has 8 nitrogen and oxygen atoms in total. The van der Waals surface area contributed by atoms with E-state index in [1.54, 1.807) is 49.9 Å². The number of amides is 3. The Kier molecular flexibility index (Phi) is 9.64. The third-order valence-corrected chi connectivity index (χ3v) is 6.86. The van der Waals surface area contributed by atoms with Gasteiger partial charge in [-0.25, -0.2) is 4.79 Å². The van der Waals surface area contributed by atoms with Gasteiger partial charge in [-0.05, 0) is 102 Å². The Labute approximate surface area is 232 Å². The van der Waals surface area contributed by atoms with Crippen molar-refractivity contribution in [1.82, 2.24) is 15.5 Å². The van der Waals surface area contributed by atoms with E-state index >= 15 is 0 Å². The quantitative estimate of drug-likeness (QED) is 0.413. The molecule has 2 atom stereocenters. The molecule has 2 unspecified atom stereocenters. The van der Waals surface area contributed by atoms with Gasteiger partial charge in [-0.3, -0.25) is 9.59 Å². The number of aromatic hydroxyl groups is 1. The predicted molar refractivity (Wildman–Crippen MR) is 151 cm³/mol. The highest BCUT2D eigenvalue weighted by atomic mass is 16.6. The summed E-state index contributed by atoms with van der Waals surface area (Å²) in [4.78, 5) is 42.9. The molecule has 0 aromatic heterocycles. The number of phenolic OH excluding ortho intramolecular Hbond substituents is 1. The fourth-order valence-corrected chi connectivity index (χ4v) is 4.90. The van der Waals surface area contributed by atoms with Gasteiger partial charge in [0.1, 0.15) is 23.4 Å². The zero-order valence-corrected chi connectivity index (χ0v) is 24.2. The van der Waals surface area contributed by atoms with Crippen molar-refractivity contribution >= 4 is 17.9 Å². The molecule has 0 bridgehead atoms. The molecule has 1 aliphatic carbocycles. The highest BCUT2D eigenvalue weighted by Gasteiger charge is 2.43. The lowest BCUT2D eigenvalue weighted by atomic mass is 9.86. The van der Waals surface area contributed by atoms with Gasteiger partial charge in [0.25, 0.3) is 0 Å². The molecule has 3 rings (SSSR count). The van der Waals surface area contributed by atoms with Crippen LogP contribution in [0.2, 0.25) is 0 Å². The third-order valence-electron chi connectivity index (χ3n) is 6.86. The van der Waals surface area contributed by atoms with Crippen LogP contribution in [0.25, 0.3) is 0 Å². The van der Waals surface area contributed by atoms with Crippen molar-refractivity contribution < 1.29 is 24.2 Å². The van der Waals surface area contributed by atoms with Crippen LogP contribution in [0.1, 0.15) is 82.2 Å². The number of nitrogens with zero attached hydrogens (tertiary/aromatic N) is 1. The Morgan fingerprint density at radius 3 is 2.08 bits per heavy atom. The van der Waals surface area contributed by atoms with Gasteiger partial charge in [-0.1, -0.05) is 30.3 Å². The second-order valence-electron chi connectivity index (χ2n) is 11.8. The average molecular weight is 538 g/mol. The molecule has 0 aliphatic heterocycles. The number of carbonyl (C=O) groups is 3. The number of aryl methyl sites for hydroxylation is 2. The molecule has 39 heavy (non-hydrogen) atoms. The second-order valence-corrected chi connectivity index (χ2v) is 11.8. The summed E-state index contributed by atoms with van der Waals surface area (Å²) in [7, 11) is 0. The zero-order valence-electron chi connectivity index (χ0n) is 24.2. The van der Waals surface area contributed by atoms with Crippen LogP contribution in [-0.2, 0) is 20.7 Å². The first-order chi connectivity index (χ1) is 18.3. The fraction of sp³-hybridized carbons (Fsp3) is 0.516. The lowest BCUT2D eigenvalue weighted by Gasteiger charge is -2.44. The Morgan fingerprint density at radius 2 is 1.59 bits per heavy atom. The maximum absolute atomic E-state index is 14.5. The van der Waals surface area contributed by atoms with E-state index < -0.39 is 23.8 Å². The van der Waals surface area contributed by atoms with Gasteiger partial charge >= 0.3 is 6.09 Å². The van der Waals surface area contributed by atoms with Crippen molar-refractivity contribution in [2.24, 2.45) is 0 Å². The summed E-state index contributed by atoms with van der Waals surface area (Å²) in [6.45, 7) is 13.0. The van der Waals surface area contributed by atoms with E-state index in [0.717, 1.165) is 41.5 Å². The Bertz CT molecular complexity index is 1150. The molecule has 2 aromatic carbocycles. The van der Waals surface area contributed by atoms with E-state index in [-0.39, 0.29) is 36.1 Å². The number of carbonyl (C=O) groups excluding carboxylic acids is 3. The molecular formula is C31H43N3O5. The molecule has 3 N–H and O–H groups in total. The number of benzene rings is 2. The summed E-state index contributed by atoms with van der Waals surface area (Å²) in [5.74, 6) is -0.480. The largest absolute Gasteiger partial charge is 0.508 e. The second kappa shape index (κ2) is 12.5. The van der Waals surface area contributed by atoms with Crippen LogP contribution in [0, 0.1) is 13.8 Å². The van der Waals surface area contributed by atoms with E-state index in [9.17, 15) is 19.5 Å². The maximum atomic E-state index is 14.5. The topological polar surface area (TPSA) is 108 Å². The normalized spacial score (nSPS) is 15.2. The first kappa shape index (κ1) is 30.0. The monoisotopic (exact) mass is 537 g/mol. The highest BCUT2D eigenvalue weighted by Crippen LogP contribution is 2.36. The van der Waals surface area contributed by atoms with Crippen LogP contribution in [0.4, 0.5) is 4.79 Å². The molecule has 212 valence electrons. The summed E-state index contributed by atoms with van der Waals surface area (Å²) in [5.41, 5.74) is 2.65. The molecule has 1 fully saturated rings. The fourth-order valence-electron chi connectivity index (χ4n) is 4.90. The average Bonchev–Trinajstić information content (AvgIpc) is 2.78. The smallest absolute Gasteiger partial charge is 0.408 e. The Morgan fingerprint density at radius 1 is 1.00 bits per heavy atom. The van der Waals surface area contributed by atoms with Gasteiger partial charge in [0.2, 0.25) is 11.8 Å². The van der Waals surface area contributed by atoms with Crippen LogP contribution < -0.4 is 10.6 Å². The molecule has 0 heterocycles. The van der Waals surface area contributed by atoms with Crippen molar-refractivity contribution in [1.29, 1.82) is 0 Å². The van der Waals surface area contributed by atoms with E-state index in [0.29, 0.717) is 0 Å². The summed E-state index contributed by atoms with van der Waals surface area (Å²) in [6.07, 6.45) is 1.99. The van der Waals surface area contributed by atoms with E-state index in [4.69, 9.17) is 4.74 Å². The van der Waals surface area contributed by atoms with Crippen LogP contribution >= 0.6 is 0 Å². The lowest BCUT2D eigenvalue weighted by Crippen LogP contribution is -2.58. The van der Waals surface area contributed by atoms with Crippen molar-refractivity contribution in [3.8, 4) is 5.75 Å². The zero-order chi connectivity index (χ0) is 28.9. The van der Waals surface area contributed by atoms with Crippen LogP contribution in [0.15, 0.2) is 42.5 Å². The first-order valence-electron chi connectivity index (χ1n) is 13.7. The number of nitrogens with one attached hydrogen (secondary N) is 2. The lowest BCUT2D eigenvalue weighted by molar-refractivity contribution is -0.147. The highest BCUT2D eigenvalue weighted by molar-refractivity contribution is 5.93. The van der Waals surface area contributed by atoms with Gasteiger partial charge in [-0.15, -0.1) is 0 Å². The summed E-state index contributed by atoms with van der Waals surface area (Å²) < 4.78 is 5.50. The summed E-state index contributed by atoms with van der Waals surface area (Å²) in [5, 5.41) is 15.6. The molecule has 3 amide bonds. The molecule has 1 aliphatic rings. The van der Waals surface area contributed by atoms with Crippen molar-refractivity contribution in [2.75, 3.05) is 0 Å². The van der Waals surface area contributed by atoms with Gasteiger partial charge in [0, 0.05) is 18.5 Å². The van der Waals surface area contributed by atoms with Gasteiger partial charge < -0.3 is 25.4 Å². The third kappa shape index (κ3) is 7.97. The number of hydrogen-bond donors (Lipinski definition) is 3. The van der Waals surface area contributed by atoms with Gasteiger partial charge in [0.15, 0.2) is 0 Å². The van der Waals surface area contributed by atoms with Crippen LogP contribution in [-0.4, -0.2) is 51.6 Å². The van der Waals surface area contributed by atoms with Crippen molar-refractivity contribution in [3.63, 3.8) is 0 Å². The number of hydrogen-bond acceptors (Lipinski definition) is 5. The molecule has 0 radical (unpaired) electrons. The Hall–Kier alpha value is -3.55. The SMILES string of the molecule is Cc1cccc(C)c1C(C(=O)NC(C)C)N(C(=O)C(Cc1ccc(O)cc1)NC(=O)OC(C)(C)C)C1CCC1. The van der Waals surface area contributed by atoms with Gasteiger partial charge in [0.05, 0.1) is 0 Å². The van der Waals surface area contributed by atoms with Crippen molar-refractivity contribution in [2.45, 2.75) is 104 Å².